The van der Waals surface area contributed by atoms with E-state index in [-0.39, 0.29) is 13.2 Å². The molecule has 9 nitrogen and oxygen atoms in total. The standard InChI is InChI=1S/C40H43NO8/c1-2-34-33(41-40(42)49-34)27-47-39-38(46-26-32-21-13-6-14-22-32)37(45-25-31-19-11-5-12-20-31)36(44-24-30-17-9-4-10-18-30)35(48-39)28-43-23-29-15-7-3-8-16-29/h2-22,33-39H,1,23-28H2,(H,41,42)/t33-,34-,35?,36-,37?,38+,39+/m0/s1. The van der Waals surface area contributed by atoms with Crippen molar-refractivity contribution in [1.82, 2.24) is 5.32 Å². The van der Waals surface area contributed by atoms with Crippen molar-refractivity contribution in [1.29, 1.82) is 0 Å². The van der Waals surface area contributed by atoms with Gasteiger partial charge in [0, 0.05) is 0 Å². The van der Waals surface area contributed by atoms with Crippen LogP contribution in [0.3, 0.4) is 0 Å². The molecule has 0 aromatic heterocycles. The quantitative estimate of drug-likeness (QED) is 0.130. The van der Waals surface area contributed by atoms with E-state index in [1.807, 2.05) is 121 Å². The predicted molar refractivity (Wildman–Crippen MR) is 183 cm³/mol. The Morgan fingerprint density at radius 2 is 1.06 bits per heavy atom. The maximum absolute atomic E-state index is 12.0. The summed E-state index contributed by atoms with van der Waals surface area (Å²) >= 11 is 0. The lowest BCUT2D eigenvalue weighted by atomic mass is 9.97. The molecule has 1 amide bonds. The van der Waals surface area contributed by atoms with Crippen LogP contribution in [0.1, 0.15) is 22.3 Å². The number of amides is 1. The van der Waals surface area contributed by atoms with Crippen LogP contribution in [0.4, 0.5) is 4.79 Å². The van der Waals surface area contributed by atoms with Gasteiger partial charge in [0.2, 0.25) is 0 Å². The number of hydrogen-bond donors (Lipinski definition) is 1. The molecular weight excluding hydrogens is 622 g/mol. The molecule has 2 heterocycles. The molecule has 49 heavy (non-hydrogen) atoms. The number of ether oxygens (including phenoxy) is 7. The SMILES string of the molecule is C=C[C@@H]1OC(=O)N[C@H]1CO[C@@H]1OC(COCc2ccccc2)[C@H](OCc2ccccc2)C(OCc2ccccc2)[C@H]1OCc1ccccc1. The van der Waals surface area contributed by atoms with E-state index in [9.17, 15) is 4.79 Å². The zero-order valence-electron chi connectivity index (χ0n) is 27.4. The summed E-state index contributed by atoms with van der Waals surface area (Å²) in [4.78, 5) is 12.0. The lowest BCUT2D eigenvalue weighted by Crippen LogP contribution is -2.62. The van der Waals surface area contributed by atoms with Gasteiger partial charge in [-0.2, -0.15) is 0 Å². The lowest BCUT2D eigenvalue weighted by Gasteiger charge is -2.46. The van der Waals surface area contributed by atoms with Gasteiger partial charge in [0.05, 0.1) is 45.7 Å². The summed E-state index contributed by atoms with van der Waals surface area (Å²) in [5.74, 6) is 0. The van der Waals surface area contributed by atoms with E-state index >= 15 is 0 Å². The van der Waals surface area contributed by atoms with Gasteiger partial charge in [-0.15, -0.1) is 0 Å². The highest BCUT2D eigenvalue weighted by Gasteiger charge is 2.49. The minimum absolute atomic E-state index is 0.0941. The number of carbonyl (C=O) groups excluding carboxylic acids is 1. The minimum Gasteiger partial charge on any atom is -0.440 e. The Labute approximate surface area is 287 Å². The second-order valence-corrected chi connectivity index (χ2v) is 12.0. The van der Waals surface area contributed by atoms with Crippen LogP contribution >= 0.6 is 0 Å². The van der Waals surface area contributed by atoms with Gasteiger partial charge in [-0.05, 0) is 28.3 Å². The molecule has 2 aliphatic heterocycles. The third-order valence-electron chi connectivity index (χ3n) is 8.46. The average Bonchev–Trinajstić information content (AvgIpc) is 3.52. The van der Waals surface area contributed by atoms with Gasteiger partial charge >= 0.3 is 6.09 Å². The molecule has 4 aromatic carbocycles. The molecule has 7 atom stereocenters. The third-order valence-corrected chi connectivity index (χ3v) is 8.46. The zero-order chi connectivity index (χ0) is 33.7. The maximum Gasteiger partial charge on any atom is 0.408 e. The molecule has 6 rings (SSSR count). The molecule has 9 heteroatoms. The summed E-state index contributed by atoms with van der Waals surface area (Å²) in [6.45, 7) is 5.45. The first-order valence-electron chi connectivity index (χ1n) is 16.6. The summed E-state index contributed by atoms with van der Waals surface area (Å²) < 4.78 is 44.8. The van der Waals surface area contributed by atoms with Gasteiger partial charge in [-0.25, -0.2) is 4.79 Å². The molecule has 0 saturated carbocycles. The maximum atomic E-state index is 12.0. The highest BCUT2D eigenvalue weighted by atomic mass is 16.7. The lowest BCUT2D eigenvalue weighted by molar-refractivity contribution is -0.329. The van der Waals surface area contributed by atoms with Crippen molar-refractivity contribution in [2.45, 2.75) is 69.3 Å². The van der Waals surface area contributed by atoms with Crippen LogP contribution in [0.25, 0.3) is 0 Å². The molecule has 256 valence electrons. The fraction of sp³-hybridized carbons (Fsp3) is 0.325. The van der Waals surface area contributed by atoms with Crippen LogP contribution in [-0.2, 0) is 59.6 Å². The first-order valence-corrected chi connectivity index (χ1v) is 16.6. The third kappa shape index (κ3) is 9.86. The second-order valence-electron chi connectivity index (χ2n) is 12.0. The van der Waals surface area contributed by atoms with E-state index < -0.39 is 48.9 Å². The Kier molecular flexibility index (Phi) is 12.6. The van der Waals surface area contributed by atoms with Gasteiger partial charge in [0.15, 0.2) is 6.29 Å². The van der Waals surface area contributed by atoms with E-state index in [1.165, 1.54) is 0 Å². The monoisotopic (exact) mass is 665 g/mol. The van der Waals surface area contributed by atoms with Crippen LogP contribution in [0, 0.1) is 0 Å². The van der Waals surface area contributed by atoms with Gasteiger partial charge in [0.25, 0.3) is 0 Å². The predicted octanol–water partition coefficient (Wildman–Crippen LogP) is 6.36. The van der Waals surface area contributed by atoms with Crippen LogP contribution in [0.2, 0.25) is 0 Å². The zero-order valence-corrected chi connectivity index (χ0v) is 27.4. The fourth-order valence-electron chi connectivity index (χ4n) is 5.90. The van der Waals surface area contributed by atoms with Gasteiger partial charge < -0.3 is 38.5 Å². The Morgan fingerprint density at radius 1 is 0.592 bits per heavy atom. The van der Waals surface area contributed by atoms with Gasteiger partial charge in [-0.3, -0.25) is 0 Å². The van der Waals surface area contributed by atoms with Crippen LogP contribution in [-0.4, -0.2) is 62.2 Å². The molecular formula is C40H43NO8. The molecule has 0 aliphatic carbocycles. The van der Waals surface area contributed by atoms with Gasteiger partial charge in [0.1, 0.15) is 30.5 Å². The molecule has 0 bridgehead atoms. The van der Waals surface area contributed by atoms with E-state index in [1.54, 1.807) is 6.08 Å². The smallest absolute Gasteiger partial charge is 0.408 e. The van der Waals surface area contributed by atoms with Crippen LogP contribution < -0.4 is 5.32 Å². The van der Waals surface area contributed by atoms with Crippen molar-refractivity contribution in [3.8, 4) is 0 Å². The number of cyclic esters (lactones) is 1. The summed E-state index contributed by atoms with van der Waals surface area (Å²) in [5.41, 5.74) is 4.05. The molecule has 0 radical (unpaired) electrons. The largest absolute Gasteiger partial charge is 0.440 e. The van der Waals surface area contributed by atoms with E-state index in [2.05, 4.69) is 11.9 Å². The van der Waals surface area contributed by atoms with E-state index in [0.29, 0.717) is 26.4 Å². The van der Waals surface area contributed by atoms with Gasteiger partial charge in [-0.1, -0.05) is 128 Å². The Balaban J connectivity index is 1.29. The van der Waals surface area contributed by atoms with Crippen molar-refractivity contribution in [3.63, 3.8) is 0 Å². The number of hydrogen-bond acceptors (Lipinski definition) is 8. The molecule has 1 N–H and O–H groups in total. The van der Waals surface area contributed by atoms with Crippen LogP contribution in [0.15, 0.2) is 134 Å². The van der Waals surface area contributed by atoms with Crippen molar-refractivity contribution < 1.29 is 38.0 Å². The highest BCUT2D eigenvalue weighted by Crippen LogP contribution is 2.32. The Hall–Kier alpha value is -4.35. The number of rotatable bonds is 17. The molecule has 4 aromatic rings. The molecule has 2 unspecified atom stereocenters. The Bertz CT molecular complexity index is 1560. The number of benzene rings is 4. The molecule has 2 aliphatic rings. The van der Waals surface area contributed by atoms with E-state index in [4.69, 9.17) is 33.2 Å². The average molecular weight is 666 g/mol. The topological polar surface area (TPSA) is 93.7 Å². The summed E-state index contributed by atoms with van der Waals surface area (Å²) in [5, 5.41) is 2.80. The van der Waals surface area contributed by atoms with Crippen molar-refractivity contribution >= 4 is 6.09 Å². The number of carbonyl (C=O) groups is 1. The fourth-order valence-corrected chi connectivity index (χ4v) is 5.90. The second kappa shape index (κ2) is 17.9. The highest BCUT2D eigenvalue weighted by molar-refractivity contribution is 5.70. The summed E-state index contributed by atoms with van der Waals surface area (Å²) in [7, 11) is 0. The normalized spacial score (nSPS) is 25.0. The Morgan fingerprint density at radius 3 is 1.57 bits per heavy atom. The van der Waals surface area contributed by atoms with E-state index in [0.717, 1.165) is 22.3 Å². The first-order chi connectivity index (χ1) is 24.2. The van der Waals surface area contributed by atoms with Crippen molar-refractivity contribution in [2.75, 3.05) is 13.2 Å². The summed E-state index contributed by atoms with van der Waals surface area (Å²) in [6.07, 6.45) is -2.89. The molecule has 2 fully saturated rings. The summed E-state index contributed by atoms with van der Waals surface area (Å²) in [6, 6.07) is 39.4. The first kappa shape index (κ1) is 34.5. The van der Waals surface area contributed by atoms with Crippen molar-refractivity contribution in [2.24, 2.45) is 0 Å². The number of alkyl carbamates (subject to hydrolysis) is 1. The number of nitrogens with one attached hydrogen (secondary N) is 1. The van der Waals surface area contributed by atoms with Crippen molar-refractivity contribution in [3.05, 3.63) is 156 Å². The minimum atomic E-state index is -0.894. The van der Waals surface area contributed by atoms with Crippen LogP contribution in [0.5, 0.6) is 0 Å². The molecule has 2 saturated heterocycles. The molecule has 0 spiro atoms.